The number of alkyl carbamates (subject to hydrolysis) is 1. The maximum atomic E-state index is 13.2. The number of carbonyl (C=O) groups excluding carboxylic acids is 2. The molecule has 1 aliphatic carbocycles. The van der Waals surface area contributed by atoms with Crippen molar-refractivity contribution < 1.29 is 33.0 Å². The maximum absolute atomic E-state index is 13.2. The fraction of sp³-hybridized carbons (Fsp3) is 0.400. The van der Waals surface area contributed by atoms with E-state index in [0.717, 1.165) is 22.3 Å². The van der Waals surface area contributed by atoms with E-state index in [1.54, 1.807) is 20.8 Å². The van der Waals surface area contributed by atoms with Gasteiger partial charge >= 0.3 is 12.1 Å². The lowest BCUT2D eigenvalue weighted by molar-refractivity contribution is -0.139. The highest BCUT2D eigenvalue weighted by Crippen LogP contribution is 2.44. The van der Waals surface area contributed by atoms with Gasteiger partial charge in [0, 0.05) is 5.92 Å². The summed E-state index contributed by atoms with van der Waals surface area (Å²) in [6.07, 6.45) is -4.88. The normalized spacial score (nSPS) is 14.6. The van der Waals surface area contributed by atoms with Crippen LogP contribution in [-0.4, -0.2) is 48.2 Å². The summed E-state index contributed by atoms with van der Waals surface area (Å²) in [6.45, 7) is 4.97. The van der Waals surface area contributed by atoms with Gasteiger partial charge in [-0.05, 0) is 27.7 Å². The molecular formula is C25H28F2N2O5. The molecule has 0 bridgehead atoms. The molecular weight excluding hydrogens is 446 g/mol. The Morgan fingerprint density at radius 2 is 1.50 bits per heavy atom. The molecule has 2 aromatic rings. The minimum Gasteiger partial charge on any atom is -0.481 e. The molecule has 3 rings (SSSR count). The van der Waals surface area contributed by atoms with Crippen LogP contribution in [-0.2, 0) is 14.3 Å². The highest BCUT2D eigenvalue weighted by Gasteiger charge is 2.37. The van der Waals surface area contributed by atoms with Gasteiger partial charge in [-0.3, -0.25) is 9.59 Å². The van der Waals surface area contributed by atoms with E-state index < -0.39 is 48.3 Å². The Balaban J connectivity index is 1.69. The summed E-state index contributed by atoms with van der Waals surface area (Å²) in [7, 11) is 0. The average molecular weight is 475 g/mol. The van der Waals surface area contributed by atoms with Crippen LogP contribution >= 0.6 is 0 Å². The van der Waals surface area contributed by atoms with Crippen molar-refractivity contribution in [1.29, 1.82) is 0 Å². The SMILES string of the molecule is CC(C)(C)[C@@H](NC(=O)OCC1c2ccccc2-c2ccccc21)C(=O)NC(CC(=O)O)C(F)F. The van der Waals surface area contributed by atoms with Crippen molar-refractivity contribution in [3.63, 3.8) is 0 Å². The van der Waals surface area contributed by atoms with Crippen molar-refractivity contribution in [3.8, 4) is 11.1 Å². The first-order valence-electron chi connectivity index (χ1n) is 10.9. The summed E-state index contributed by atoms with van der Waals surface area (Å²) in [5.74, 6) is -2.56. The van der Waals surface area contributed by atoms with Crippen LogP contribution in [0.1, 0.15) is 44.2 Å². The van der Waals surface area contributed by atoms with Crippen molar-refractivity contribution in [3.05, 3.63) is 59.7 Å². The lowest BCUT2D eigenvalue weighted by atomic mass is 9.86. The van der Waals surface area contributed by atoms with Gasteiger partial charge in [-0.2, -0.15) is 0 Å². The third-order valence-corrected chi connectivity index (χ3v) is 5.76. The molecule has 3 N–H and O–H groups in total. The molecule has 1 aliphatic rings. The van der Waals surface area contributed by atoms with E-state index in [2.05, 4.69) is 5.32 Å². The Hall–Kier alpha value is -3.49. The monoisotopic (exact) mass is 474 g/mol. The van der Waals surface area contributed by atoms with Crippen LogP contribution in [0.2, 0.25) is 0 Å². The Bertz CT molecular complexity index is 1020. The van der Waals surface area contributed by atoms with E-state index in [1.165, 1.54) is 0 Å². The third kappa shape index (κ3) is 5.70. The topological polar surface area (TPSA) is 105 Å². The van der Waals surface area contributed by atoms with Crippen LogP contribution in [0.15, 0.2) is 48.5 Å². The van der Waals surface area contributed by atoms with Crippen LogP contribution in [0.4, 0.5) is 13.6 Å². The fourth-order valence-electron chi connectivity index (χ4n) is 4.09. The van der Waals surface area contributed by atoms with Gasteiger partial charge in [0.15, 0.2) is 0 Å². The number of hydrogen-bond acceptors (Lipinski definition) is 4. The molecule has 2 atom stereocenters. The van der Waals surface area contributed by atoms with Crippen molar-refractivity contribution >= 4 is 18.0 Å². The predicted octanol–water partition coefficient (Wildman–Crippen LogP) is 4.16. The molecule has 2 aromatic carbocycles. The highest BCUT2D eigenvalue weighted by atomic mass is 19.3. The van der Waals surface area contributed by atoms with E-state index >= 15 is 0 Å². The number of carboxylic acids is 1. The molecule has 0 saturated heterocycles. The van der Waals surface area contributed by atoms with Gasteiger partial charge in [0.1, 0.15) is 18.7 Å². The molecule has 2 amide bonds. The Morgan fingerprint density at radius 1 is 0.971 bits per heavy atom. The molecule has 0 radical (unpaired) electrons. The zero-order valence-electron chi connectivity index (χ0n) is 19.2. The van der Waals surface area contributed by atoms with Gasteiger partial charge < -0.3 is 20.5 Å². The van der Waals surface area contributed by atoms with E-state index in [9.17, 15) is 23.2 Å². The molecule has 1 unspecified atom stereocenters. The number of hydrogen-bond donors (Lipinski definition) is 3. The van der Waals surface area contributed by atoms with Crippen LogP contribution in [0.3, 0.4) is 0 Å². The molecule has 0 fully saturated rings. The zero-order valence-corrected chi connectivity index (χ0v) is 19.2. The van der Waals surface area contributed by atoms with Crippen molar-refractivity contribution in [2.75, 3.05) is 6.61 Å². The molecule has 0 aliphatic heterocycles. The van der Waals surface area contributed by atoms with Crippen LogP contribution in [0, 0.1) is 5.41 Å². The van der Waals surface area contributed by atoms with Gasteiger partial charge in [-0.25, -0.2) is 13.6 Å². The molecule has 182 valence electrons. The van der Waals surface area contributed by atoms with Crippen molar-refractivity contribution in [1.82, 2.24) is 10.6 Å². The van der Waals surface area contributed by atoms with Gasteiger partial charge in [0.05, 0.1) is 6.42 Å². The largest absolute Gasteiger partial charge is 0.481 e. The minimum atomic E-state index is -3.07. The predicted molar refractivity (Wildman–Crippen MR) is 122 cm³/mol. The summed E-state index contributed by atoms with van der Waals surface area (Å²) in [5.41, 5.74) is 3.32. The smallest absolute Gasteiger partial charge is 0.407 e. The van der Waals surface area contributed by atoms with E-state index in [1.807, 2.05) is 53.8 Å². The van der Waals surface area contributed by atoms with Crippen molar-refractivity contribution in [2.45, 2.75) is 51.6 Å². The van der Waals surface area contributed by atoms with Gasteiger partial charge in [-0.15, -0.1) is 0 Å². The van der Waals surface area contributed by atoms with E-state index in [-0.39, 0.29) is 12.5 Å². The second-order valence-corrected chi connectivity index (χ2v) is 9.32. The standard InChI is InChI=1S/C25H28F2N2O5/c1-25(2,3)21(23(32)28-19(22(26)27)12-20(30)31)29-24(33)34-13-18-16-10-6-4-8-14(16)15-9-5-7-11-17(15)18/h4-11,18-19,21-22H,12-13H2,1-3H3,(H,28,32)(H,29,33)(H,30,31)/t19?,21-/m0/s1. The number of halogens is 2. The first-order valence-corrected chi connectivity index (χ1v) is 10.9. The summed E-state index contributed by atoms with van der Waals surface area (Å²) in [4.78, 5) is 36.2. The molecule has 9 heteroatoms. The number of amides is 2. The number of alkyl halides is 2. The van der Waals surface area contributed by atoms with Crippen LogP contribution < -0.4 is 10.6 Å². The van der Waals surface area contributed by atoms with Crippen LogP contribution in [0.25, 0.3) is 11.1 Å². The first kappa shape index (κ1) is 25.1. The second kappa shape index (κ2) is 10.2. The molecule has 0 aromatic heterocycles. The molecule has 34 heavy (non-hydrogen) atoms. The Morgan fingerprint density at radius 3 is 1.97 bits per heavy atom. The number of carboxylic acid groups (broad SMARTS) is 1. The maximum Gasteiger partial charge on any atom is 0.407 e. The summed E-state index contributed by atoms with van der Waals surface area (Å²) in [5, 5.41) is 13.3. The number of fused-ring (bicyclic) bond motifs is 3. The summed E-state index contributed by atoms with van der Waals surface area (Å²) >= 11 is 0. The highest BCUT2D eigenvalue weighted by molar-refractivity contribution is 5.87. The van der Waals surface area contributed by atoms with Crippen molar-refractivity contribution in [2.24, 2.45) is 5.41 Å². The fourth-order valence-corrected chi connectivity index (χ4v) is 4.09. The molecule has 7 nitrogen and oxygen atoms in total. The van der Waals surface area contributed by atoms with Crippen LogP contribution in [0.5, 0.6) is 0 Å². The molecule has 0 heterocycles. The Labute approximate surface area is 196 Å². The summed E-state index contributed by atoms with van der Waals surface area (Å²) in [6, 6.07) is 12.6. The molecule has 0 spiro atoms. The van der Waals surface area contributed by atoms with E-state index in [0.29, 0.717) is 0 Å². The van der Waals surface area contributed by atoms with Gasteiger partial charge in [0.2, 0.25) is 5.91 Å². The minimum absolute atomic E-state index is 0.0248. The third-order valence-electron chi connectivity index (χ3n) is 5.76. The second-order valence-electron chi connectivity index (χ2n) is 9.32. The number of aliphatic carboxylic acids is 1. The van der Waals surface area contributed by atoms with Gasteiger partial charge in [-0.1, -0.05) is 69.3 Å². The number of rotatable bonds is 8. The Kier molecular flexibility index (Phi) is 7.54. The first-order chi connectivity index (χ1) is 16.0. The lowest BCUT2D eigenvalue weighted by Gasteiger charge is -2.31. The average Bonchev–Trinajstić information content (AvgIpc) is 3.08. The van der Waals surface area contributed by atoms with E-state index in [4.69, 9.17) is 9.84 Å². The number of nitrogens with one attached hydrogen (secondary N) is 2. The van der Waals surface area contributed by atoms with Gasteiger partial charge in [0.25, 0.3) is 6.43 Å². The lowest BCUT2D eigenvalue weighted by Crippen LogP contribution is -2.56. The summed E-state index contributed by atoms with van der Waals surface area (Å²) < 4.78 is 31.8. The molecule has 0 saturated carbocycles. The zero-order chi connectivity index (χ0) is 25.0. The number of ether oxygens (including phenoxy) is 1. The number of carbonyl (C=O) groups is 3. The number of benzene rings is 2. The quantitative estimate of drug-likeness (QED) is 0.533.